The second kappa shape index (κ2) is 5.92. The average molecular weight is 280 g/mol. The molecule has 2 aromatic carbocycles. The largest absolute Gasteiger partial charge is 0.494 e. The second-order valence-corrected chi connectivity index (χ2v) is 5.09. The fourth-order valence-electron chi connectivity index (χ4n) is 2.60. The third kappa shape index (κ3) is 2.87. The maximum atomic E-state index is 5.45. The lowest BCUT2D eigenvalue weighted by Crippen LogP contribution is -1.99. The highest BCUT2D eigenvalue weighted by atomic mass is 16.5. The van der Waals surface area contributed by atoms with Gasteiger partial charge in [-0.3, -0.25) is 0 Å². The van der Waals surface area contributed by atoms with Crippen molar-refractivity contribution < 1.29 is 4.74 Å². The molecular formula is C18H20N2O. The SMILES string of the molecule is CCOc1ccc(NCc2cn(C)c3ccccc23)cc1. The molecule has 21 heavy (non-hydrogen) atoms. The van der Waals surface area contributed by atoms with Crippen molar-refractivity contribution in [2.45, 2.75) is 13.5 Å². The highest BCUT2D eigenvalue weighted by molar-refractivity contribution is 5.84. The lowest BCUT2D eigenvalue weighted by molar-refractivity contribution is 0.340. The number of nitrogens with one attached hydrogen (secondary N) is 1. The van der Waals surface area contributed by atoms with Gasteiger partial charge in [-0.1, -0.05) is 18.2 Å². The van der Waals surface area contributed by atoms with E-state index >= 15 is 0 Å². The first-order valence-corrected chi connectivity index (χ1v) is 7.27. The molecule has 3 nitrogen and oxygen atoms in total. The van der Waals surface area contributed by atoms with Crippen LogP contribution in [0.15, 0.2) is 54.7 Å². The van der Waals surface area contributed by atoms with Crippen LogP contribution in [0.2, 0.25) is 0 Å². The van der Waals surface area contributed by atoms with Gasteiger partial charge < -0.3 is 14.6 Å². The molecule has 1 aromatic heterocycles. The Bertz CT molecular complexity index is 729. The molecule has 0 aliphatic heterocycles. The topological polar surface area (TPSA) is 26.2 Å². The predicted molar refractivity (Wildman–Crippen MR) is 87.9 cm³/mol. The summed E-state index contributed by atoms with van der Waals surface area (Å²) in [4.78, 5) is 0. The highest BCUT2D eigenvalue weighted by Gasteiger charge is 2.05. The van der Waals surface area contributed by atoms with E-state index in [0.717, 1.165) is 18.0 Å². The van der Waals surface area contributed by atoms with Crippen LogP contribution >= 0.6 is 0 Å². The summed E-state index contributed by atoms with van der Waals surface area (Å²) in [6, 6.07) is 16.6. The maximum absolute atomic E-state index is 5.45. The molecule has 0 radical (unpaired) electrons. The molecule has 0 saturated heterocycles. The number of ether oxygens (including phenoxy) is 1. The van der Waals surface area contributed by atoms with Gasteiger partial charge in [0.1, 0.15) is 5.75 Å². The Hall–Kier alpha value is -2.42. The van der Waals surface area contributed by atoms with Gasteiger partial charge >= 0.3 is 0 Å². The molecule has 0 spiro atoms. The molecule has 3 heteroatoms. The molecule has 0 bridgehead atoms. The first-order valence-electron chi connectivity index (χ1n) is 7.27. The van der Waals surface area contributed by atoms with Crippen LogP contribution in [0.25, 0.3) is 10.9 Å². The zero-order valence-electron chi connectivity index (χ0n) is 12.5. The molecule has 1 heterocycles. The normalized spacial score (nSPS) is 10.8. The molecule has 3 rings (SSSR count). The second-order valence-electron chi connectivity index (χ2n) is 5.09. The number of nitrogens with zero attached hydrogens (tertiary/aromatic N) is 1. The van der Waals surface area contributed by atoms with Crippen LogP contribution in [0.4, 0.5) is 5.69 Å². The van der Waals surface area contributed by atoms with E-state index in [9.17, 15) is 0 Å². The van der Waals surface area contributed by atoms with Crippen molar-refractivity contribution >= 4 is 16.6 Å². The summed E-state index contributed by atoms with van der Waals surface area (Å²) in [5, 5.41) is 4.77. The summed E-state index contributed by atoms with van der Waals surface area (Å²) in [7, 11) is 2.09. The summed E-state index contributed by atoms with van der Waals surface area (Å²) in [5.41, 5.74) is 3.68. The lowest BCUT2D eigenvalue weighted by atomic mass is 10.2. The van der Waals surface area contributed by atoms with Gasteiger partial charge in [0.05, 0.1) is 6.61 Å². The quantitative estimate of drug-likeness (QED) is 0.758. The first-order chi connectivity index (χ1) is 10.3. The first kappa shape index (κ1) is 13.6. The van der Waals surface area contributed by atoms with Crippen LogP contribution < -0.4 is 10.1 Å². The van der Waals surface area contributed by atoms with E-state index in [4.69, 9.17) is 4.74 Å². The fraction of sp³-hybridized carbons (Fsp3) is 0.222. The summed E-state index contributed by atoms with van der Waals surface area (Å²) >= 11 is 0. The zero-order valence-corrected chi connectivity index (χ0v) is 12.5. The number of anilines is 1. The Kier molecular flexibility index (Phi) is 3.82. The average Bonchev–Trinajstić information content (AvgIpc) is 2.84. The molecule has 1 N–H and O–H groups in total. The van der Waals surface area contributed by atoms with E-state index in [-0.39, 0.29) is 0 Å². The molecule has 0 aliphatic rings. The Labute approximate surface area is 125 Å². The van der Waals surface area contributed by atoms with Crippen LogP contribution in [0.1, 0.15) is 12.5 Å². The summed E-state index contributed by atoms with van der Waals surface area (Å²) in [6.07, 6.45) is 2.19. The predicted octanol–water partition coefficient (Wildman–Crippen LogP) is 4.19. The van der Waals surface area contributed by atoms with Crippen LogP contribution in [-0.4, -0.2) is 11.2 Å². The van der Waals surface area contributed by atoms with Gasteiger partial charge in [-0.2, -0.15) is 0 Å². The molecule has 108 valence electrons. The van der Waals surface area contributed by atoms with E-state index in [2.05, 4.69) is 59.5 Å². The monoisotopic (exact) mass is 280 g/mol. The third-order valence-electron chi connectivity index (χ3n) is 3.63. The van der Waals surface area contributed by atoms with Gasteiger partial charge in [-0.05, 0) is 42.8 Å². The van der Waals surface area contributed by atoms with E-state index in [1.54, 1.807) is 0 Å². The van der Waals surface area contributed by atoms with E-state index in [1.165, 1.54) is 16.5 Å². The number of para-hydroxylation sites is 1. The minimum Gasteiger partial charge on any atom is -0.494 e. The number of hydrogen-bond acceptors (Lipinski definition) is 2. The number of fused-ring (bicyclic) bond motifs is 1. The Morgan fingerprint density at radius 3 is 2.57 bits per heavy atom. The summed E-state index contributed by atoms with van der Waals surface area (Å²) < 4.78 is 7.62. The van der Waals surface area contributed by atoms with Gasteiger partial charge in [0.2, 0.25) is 0 Å². The van der Waals surface area contributed by atoms with Crippen LogP contribution in [0.5, 0.6) is 5.75 Å². The Morgan fingerprint density at radius 2 is 1.81 bits per heavy atom. The molecule has 0 atom stereocenters. The molecule has 0 unspecified atom stereocenters. The van der Waals surface area contributed by atoms with E-state index < -0.39 is 0 Å². The zero-order chi connectivity index (χ0) is 14.7. The maximum Gasteiger partial charge on any atom is 0.119 e. The van der Waals surface area contributed by atoms with Crippen molar-refractivity contribution in [3.63, 3.8) is 0 Å². The summed E-state index contributed by atoms with van der Waals surface area (Å²) in [6.45, 7) is 3.50. The minimum absolute atomic E-state index is 0.697. The van der Waals surface area contributed by atoms with Crippen molar-refractivity contribution in [3.8, 4) is 5.75 Å². The van der Waals surface area contributed by atoms with Crippen LogP contribution in [-0.2, 0) is 13.6 Å². The van der Waals surface area contributed by atoms with Crippen LogP contribution in [0, 0.1) is 0 Å². The number of rotatable bonds is 5. The van der Waals surface area contributed by atoms with Crippen molar-refractivity contribution in [1.29, 1.82) is 0 Å². The molecule has 0 fully saturated rings. The minimum atomic E-state index is 0.697. The van der Waals surface area contributed by atoms with Gasteiger partial charge in [-0.15, -0.1) is 0 Å². The molecular weight excluding hydrogens is 260 g/mol. The number of aryl methyl sites for hydroxylation is 1. The third-order valence-corrected chi connectivity index (χ3v) is 3.63. The van der Waals surface area contributed by atoms with Crippen molar-refractivity contribution in [3.05, 3.63) is 60.3 Å². The number of hydrogen-bond donors (Lipinski definition) is 1. The van der Waals surface area contributed by atoms with Crippen molar-refractivity contribution in [2.75, 3.05) is 11.9 Å². The molecule has 0 saturated carbocycles. The van der Waals surface area contributed by atoms with Crippen LogP contribution in [0.3, 0.4) is 0 Å². The molecule has 3 aromatic rings. The Morgan fingerprint density at radius 1 is 1.05 bits per heavy atom. The van der Waals surface area contributed by atoms with Crippen molar-refractivity contribution in [2.24, 2.45) is 7.05 Å². The number of benzene rings is 2. The lowest BCUT2D eigenvalue weighted by Gasteiger charge is -2.07. The smallest absolute Gasteiger partial charge is 0.119 e. The van der Waals surface area contributed by atoms with Crippen molar-refractivity contribution in [1.82, 2.24) is 4.57 Å². The van der Waals surface area contributed by atoms with Gasteiger partial charge in [0, 0.05) is 36.4 Å². The van der Waals surface area contributed by atoms with Gasteiger partial charge in [0.25, 0.3) is 0 Å². The molecule has 0 aliphatic carbocycles. The van der Waals surface area contributed by atoms with E-state index in [0.29, 0.717) is 6.61 Å². The summed E-state index contributed by atoms with van der Waals surface area (Å²) in [5.74, 6) is 0.910. The van der Waals surface area contributed by atoms with Gasteiger partial charge in [0.15, 0.2) is 0 Å². The molecule has 0 amide bonds. The number of aromatic nitrogens is 1. The fourth-order valence-corrected chi connectivity index (χ4v) is 2.60. The van der Waals surface area contributed by atoms with Gasteiger partial charge in [-0.25, -0.2) is 0 Å². The highest BCUT2D eigenvalue weighted by Crippen LogP contribution is 2.22. The Balaban J connectivity index is 1.74. The van der Waals surface area contributed by atoms with E-state index in [1.807, 2.05) is 19.1 Å². The standard InChI is InChI=1S/C18H20N2O/c1-3-21-16-10-8-15(9-11-16)19-12-14-13-20(2)18-7-5-4-6-17(14)18/h4-11,13,19H,3,12H2,1-2H3.